The van der Waals surface area contributed by atoms with Crippen molar-refractivity contribution in [1.29, 1.82) is 0 Å². The van der Waals surface area contributed by atoms with E-state index >= 15 is 0 Å². The maximum Gasteiger partial charge on any atom is 0.743 e. The van der Waals surface area contributed by atoms with Crippen LogP contribution in [-0.2, 0) is 0 Å². The lowest BCUT2D eigenvalue weighted by Crippen LogP contribution is -2.36. The second-order valence-electron chi connectivity index (χ2n) is 11.5. The maximum atomic E-state index is 6.47. The number of aliphatic imine (C=N–C) groups is 1. The van der Waals surface area contributed by atoms with E-state index < -0.39 is 7.25 Å². The van der Waals surface area contributed by atoms with E-state index in [-0.39, 0.29) is 0 Å². The Labute approximate surface area is 287 Å². The summed E-state index contributed by atoms with van der Waals surface area (Å²) in [6.07, 6.45) is 4.22. The minimum atomic E-state index is -0.685. The molecule has 0 aliphatic carbocycles. The van der Waals surface area contributed by atoms with Gasteiger partial charge in [-0.3, -0.25) is 0 Å². The number of para-hydroxylation sites is 2. The molecule has 3 heterocycles. The summed E-state index contributed by atoms with van der Waals surface area (Å²) in [5.74, 6) is 1.45. The van der Waals surface area contributed by atoms with Crippen LogP contribution in [0.2, 0.25) is 0 Å². The SMILES string of the molecule is C1=CC(=C(c2ccccc2)c2ccc(Sc3ccc4ccccc4c3)n2B2Oc3ccccc3O2)N=C1Sc1ccc2ccccc2c1. The number of fused-ring (bicyclic) bond motifs is 3. The summed E-state index contributed by atoms with van der Waals surface area (Å²) in [6.45, 7) is 0. The Morgan fingerprint density at radius 3 is 1.79 bits per heavy atom. The predicted octanol–water partition coefficient (Wildman–Crippen LogP) is 10.8. The monoisotopic (exact) mass is 654 g/mol. The minimum Gasteiger partial charge on any atom is -0.503 e. The van der Waals surface area contributed by atoms with E-state index in [4.69, 9.17) is 14.3 Å². The molecule has 2 aliphatic rings. The van der Waals surface area contributed by atoms with Crippen LogP contribution in [0.4, 0.5) is 0 Å². The summed E-state index contributed by atoms with van der Waals surface area (Å²) >= 11 is 3.37. The molecule has 0 spiro atoms. The highest BCUT2D eigenvalue weighted by molar-refractivity contribution is 8.14. The number of allylic oxidation sites excluding steroid dienone is 1. The van der Waals surface area contributed by atoms with Crippen molar-refractivity contribution in [3.05, 3.63) is 181 Å². The molecule has 0 fully saturated rings. The van der Waals surface area contributed by atoms with Gasteiger partial charge in [0.1, 0.15) is 16.5 Å². The molecule has 0 amide bonds. The molecule has 4 nitrogen and oxygen atoms in total. The van der Waals surface area contributed by atoms with Crippen LogP contribution in [0.5, 0.6) is 11.5 Å². The molecule has 0 radical (unpaired) electrons. The van der Waals surface area contributed by atoms with Crippen molar-refractivity contribution in [3.8, 4) is 11.5 Å². The van der Waals surface area contributed by atoms with Gasteiger partial charge in [0.25, 0.3) is 0 Å². The lowest BCUT2D eigenvalue weighted by atomic mass is 9.98. The molecule has 9 rings (SSSR count). The Kier molecular flexibility index (Phi) is 7.41. The fourth-order valence-electron chi connectivity index (χ4n) is 6.20. The third-order valence-corrected chi connectivity index (χ3v) is 10.4. The summed E-state index contributed by atoms with van der Waals surface area (Å²) < 4.78 is 15.1. The normalized spacial score (nSPS) is 14.6. The first kappa shape index (κ1) is 28.8. The average molecular weight is 655 g/mol. The van der Waals surface area contributed by atoms with Gasteiger partial charge in [0.05, 0.1) is 10.7 Å². The predicted molar refractivity (Wildman–Crippen MR) is 200 cm³/mol. The second-order valence-corrected chi connectivity index (χ2v) is 13.7. The first-order valence-electron chi connectivity index (χ1n) is 15.8. The molecule has 2 aliphatic heterocycles. The maximum absolute atomic E-state index is 6.47. The molecule has 0 bridgehead atoms. The van der Waals surface area contributed by atoms with Crippen LogP contribution in [0, 0.1) is 0 Å². The molecule has 0 unspecified atom stereocenters. The molecule has 228 valence electrons. The highest BCUT2D eigenvalue weighted by Crippen LogP contribution is 2.41. The van der Waals surface area contributed by atoms with Gasteiger partial charge in [-0.2, -0.15) is 0 Å². The highest BCUT2D eigenvalue weighted by Gasteiger charge is 2.39. The number of thioether (sulfide) groups is 1. The van der Waals surface area contributed by atoms with Crippen molar-refractivity contribution >= 4 is 62.9 Å². The number of nitrogens with zero attached hydrogens (tertiary/aromatic N) is 2. The van der Waals surface area contributed by atoms with Gasteiger partial charge in [0.2, 0.25) is 0 Å². The first-order chi connectivity index (χ1) is 23.7. The fourth-order valence-corrected chi connectivity index (χ4v) is 8.03. The van der Waals surface area contributed by atoms with E-state index in [1.807, 2.05) is 30.3 Å². The molecule has 0 saturated heterocycles. The topological polar surface area (TPSA) is 35.8 Å². The Balaban J connectivity index is 1.15. The van der Waals surface area contributed by atoms with Crippen LogP contribution in [0.3, 0.4) is 0 Å². The number of aromatic nitrogens is 1. The zero-order valence-electron chi connectivity index (χ0n) is 25.7. The lowest BCUT2D eigenvalue weighted by Gasteiger charge is -2.18. The van der Waals surface area contributed by atoms with E-state index in [1.165, 1.54) is 21.5 Å². The molecule has 6 aromatic carbocycles. The van der Waals surface area contributed by atoms with Crippen molar-refractivity contribution in [3.63, 3.8) is 0 Å². The molecule has 48 heavy (non-hydrogen) atoms. The molecule has 1 aromatic heterocycles. The molecule has 0 saturated carbocycles. The van der Waals surface area contributed by atoms with E-state index in [9.17, 15) is 0 Å². The summed E-state index contributed by atoms with van der Waals surface area (Å²) in [6, 6.07) is 52.6. The zero-order chi connectivity index (χ0) is 31.9. The largest absolute Gasteiger partial charge is 0.743 e. The average Bonchev–Trinajstić information content (AvgIpc) is 3.88. The van der Waals surface area contributed by atoms with Crippen LogP contribution in [-0.4, -0.2) is 16.8 Å². The van der Waals surface area contributed by atoms with Crippen LogP contribution < -0.4 is 9.31 Å². The van der Waals surface area contributed by atoms with Crippen molar-refractivity contribution in [2.24, 2.45) is 4.99 Å². The Hall–Kier alpha value is -5.37. The molecule has 7 heteroatoms. The summed E-state index contributed by atoms with van der Waals surface area (Å²) in [7, 11) is -0.685. The van der Waals surface area contributed by atoms with E-state index in [0.29, 0.717) is 0 Å². The van der Waals surface area contributed by atoms with Gasteiger partial charge in [-0.05, 0) is 87.8 Å². The van der Waals surface area contributed by atoms with Gasteiger partial charge < -0.3 is 13.8 Å². The Morgan fingerprint density at radius 1 is 0.542 bits per heavy atom. The molecule has 0 N–H and O–H groups in total. The second kappa shape index (κ2) is 12.3. The van der Waals surface area contributed by atoms with Gasteiger partial charge in [-0.15, -0.1) is 0 Å². The third-order valence-electron chi connectivity index (χ3n) is 8.47. The van der Waals surface area contributed by atoms with Gasteiger partial charge >= 0.3 is 7.25 Å². The molecular weight excluding hydrogens is 627 g/mol. The van der Waals surface area contributed by atoms with Crippen LogP contribution >= 0.6 is 23.5 Å². The number of rotatable bonds is 6. The van der Waals surface area contributed by atoms with Gasteiger partial charge in [-0.25, -0.2) is 4.99 Å². The smallest absolute Gasteiger partial charge is 0.503 e. The standard InChI is InChI=1S/C41H27BN2O2S2/c1-2-12-30(13-3-1)41(35-22-24-39(43-35)47-33-20-18-28-10-4-6-14-31(28)26-33)36-23-25-40(44(36)42-45-37-16-8-9-17-38(37)46-42)48-34-21-19-29-11-5-7-15-32(29)27-34/h1-27H. The quantitative estimate of drug-likeness (QED) is 0.167. The van der Waals surface area contributed by atoms with E-state index in [1.54, 1.807) is 23.5 Å². The van der Waals surface area contributed by atoms with E-state index in [2.05, 4.69) is 138 Å². The zero-order valence-corrected chi connectivity index (χ0v) is 27.3. The third kappa shape index (κ3) is 5.51. The van der Waals surface area contributed by atoms with Gasteiger partial charge in [-0.1, -0.05) is 127 Å². The Bertz CT molecular complexity index is 2410. The van der Waals surface area contributed by atoms with E-state index in [0.717, 1.165) is 53.9 Å². The van der Waals surface area contributed by atoms with Gasteiger partial charge in [0, 0.05) is 21.1 Å². The van der Waals surface area contributed by atoms with Crippen LogP contribution in [0.15, 0.2) is 189 Å². The first-order valence-corrected chi connectivity index (χ1v) is 17.4. The van der Waals surface area contributed by atoms with Crippen molar-refractivity contribution in [1.82, 2.24) is 4.48 Å². The van der Waals surface area contributed by atoms with Gasteiger partial charge in [0.15, 0.2) is 0 Å². The fraction of sp³-hybridized carbons (Fsp3) is 0. The highest BCUT2D eigenvalue weighted by atomic mass is 32.2. The molecular formula is C41H27BN2O2S2. The number of benzene rings is 6. The summed E-state index contributed by atoms with van der Waals surface area (Å²) in [5, 5.41) is 6.82. The molecule has 7 aromatic rings. The lowest BCUT2D eigenvalue weighted by molar-refractivity contribution is 0.473. The summed E-state index contributed by atoms with van der Waals surface area (Å²) in [4.78, 5) is 7.49. The van der Waals surface area contributed by atoms with Crippen molar-refractivity contribution in [2.75, 3.05) is 0 Å². The number of hydrogen-bond donors (Lipinski definition) is 0. The van der Waals surface area contributed by atoms with Crippen LogP contribution in [0.1, 0.15) is 11.3 Å². The minimum absolute atomic E-state index is 0.685. The summed E-state index contributed by atoms with van der Waals surface area (Å²) in [5.41, 5.74) is 3.92. The number of hydrogen-bond acceptors (Lipinski definition) is 5. The van der Waals surface area contributed by atoms with Crippen LogP contribution in [0.25, 0.3) is 27.1 Å². The molecule has 0 atom stereocenters. The van der Waals surface area contributed by atoms with Crippen molar-refractivity contribution in [2.45, 2.75) is 14.8 Å². The Morgan fingerprint density at radius 2 is 1.12 bits per heavy atom. The van der Waals surface area contributed by atoms with Crippen molar-refractivity contribution < 1.29 is 9.31 Å².